The summed E-state index contributed by atoms with van der Waals surface area (Å²) in [5, 5.41) is 0.806. The third kappa shape index (κ3) is 3.27. The smallest absolute Gasteiger partial charge is 0.275 e. The Labute approximate surface area is 111 Å². The van der Waals surface area contributed by atoms with Gasteiger partial charge in [-0.1, -0.05) is 18.2 Å². The molecule has 2 aromatic rings. The summed E-state index contributed by atoms with van der Waals surface area (Å²) in [4.78, 5) is 21.5. The zero-order chi connectivity index (χ0) is 13.7. The van der Waals surface area contributed by atoms with Crippen LogP contribution in [-0.2, 0) is 9.57 Å². The number of aromatic nitrogens is 1. The van der Waals surface area contributed by atoms with Crippen molar-refractivity contribution in [1.29, 1.82) is 0 Å². The van der Waals surface area contributed by atoms with E-state index in [0.29, 0.717) is 18.8 Å². The first-order valence-corrected chi connectivity index (χ1v) is 6.00. The van der Waals surface area contributed by atoms with Crippen LogP contribution in [0.1, 0.15) is 16.1 Å². The summed E-state index contributed by atoms with van der Waals surface area (Å²) in [5.74, 6) is -0.280. The minimum atomic E-state index is -0.280. The predicted octanol–water partition coefficient (Wildman–Crippen LogP) is 1.85. The van der Waals surface area contributed by atoms with Crippen LogP contribution in [0.4, 0.5) is 0 Å². The van der Waals surface area contributed by atoms with Gasteiger partial charge in [-0.25, -0.2) is 5.48 Å². The number of fused-ring (bicyclic) bond motifs is 1. The first-order valence-electron chi connectivity index (χ1n) is 6.00. The van der Waals surface area contributed by atoms with Crippen LogP contribution in [0, 0.1) is 6.92 Å². The molecule has 2 rings (SSSR count). The number of hydrogen-bond donors (Lipinski definition) is 1. The molecule has 5 heteroatoms. The van der Waals surface area contributed by atoms with Gasteiger partial charge >= 0.3 is 0 Å². The van der Waals surface area contributed by atoms with E-state index in [0.717, 1.165) is 16.6 Å². The second kappa shape index (κ2) is 6.26. The summed E-state index contributed by atoms with van der Waals surface area (Å²) in [7, 11) is 1.57. The Kier molecular flexibility index (Phi) is 4.43. The van der Waals surface area contributed by atoms with Gasteiger partial charge in [0.1, 0.15) is 0 Å². The number of hydroxylamine groups is 1. The number of methoxy groups -OCH3 is 1. The molecule has 19 heavy (non-hydrogen) atoms. The lowest BCUT2D eigenvalue weighted by Crippen LogP contribution is -2.25. The van der Waals surface area contributed by atoms with E-state index < -0.39 is 0 Å². The summed E-state index contributed by atoms with van der Waals surface area (Å²) in [6.45, 7) is 2.59. The fraction of sp³-hybridized carbons (Fsp3) is 0.286. The molecule has 0 atom stereocenters. The predicted molar refractivity (Wildman–Crippen MR) is 71.8 cm³/mol. The Bertz CT molecular complexity index is 584. The number of nitrogens with zero attached hydrogens (tertiary/aromatic N) is 1. The number of para-hydroxylation sites is 1. The van der Waals surface area contributed by atoms with Gasteiger partial charge in [0, 0.05) is 18.2 Å². The van der Waals surface area contributed by atoms with Gasteiger partial charge in [0.15, 0.2) is 0 Å². The van der Waals surface area contributed by atoms with Crippen molar-refractivity contribution in [2.75, 3.05) is 20.3 Å². The largest absolute Gasteiger partial charge is 0.382 e. The summed E-state index contributed by atoms with van der Waals surface area (Å²) < 4.78 is 4.83. The van der Waals surface area contributed by atoms with Crippen LogP contribution < -0.4 is 5.48 Å². The van der Waals surface area contributed by atoms with Crippen molar-refractivity contribution in [2.24, 2.45) is 0 Å². The fourth-order valence-corrected chi connectivity index (χ4v) is 1.79. The number of pyridine rings is 1. The number of rotatable bonds is 5. The van der Waals surface area contributed by atoms with Crippen molar-refractivity contribution >= 4 is 16.8 Å². The van der Waals surface area contributed by atoms with Crippen LogP contribution in [0.25, 0.3) is 10.9 Å². The maximum atomic E-state index is 12.1. The highest BCUT2D eigenvalue weighted by atomic mass is 16.7. The van der Waals surface area contributed by atoms with Gasteiger partial charge in [0.2, 0.25) is 0 Å². The molecule has 0 aliphatic carbocycles. The summed E-state index contributed by atoms with van der Waals surface area (Å²) in [6, 6.07) is 9.27. The first kappa shape index (κ1) is 13.5. The van der Waals surface area contributed by atoms with Crippen LogP contribution in [0.15, 0.2) is 30.3 Å². The number of carbonyl (C=O) groups is 1. The number of amides is 1. The molecule has 0 fully saturated rings. The Morgan fingerprint density at radius 1 is 1.32 bits per heavy atom. The Morgan fingerprint density at radius 2 is 2.11 bits per heavy atom. The lowest BCUT2D eigenvalue weighted by molar-refractivity contribution is 0.00898. The summed E-state index contributed by atoms with van der Waals surface area (Å²) in [6.07, 6.45) is 0. The topological polar surface area (TPSA) is 60.5 Å². The molecule has 0 bridgehead atoms. The van der Waals surface area contributed by atoms with Crippen molar-refractivity contribution in [1.82, 2.24) is 10.5 Å². The van der Waals surface area contributed by atoms with Crippen molar-refractivity contribution in [2.45, 2.75) is 6.92 Å². The molecule has 1 heterocycles. The Morgan fingerprint density at radius 3 is 2.89 bits per heavy atom. The average Bonchev–Trinajstić information content (AvgIpc) is 2.42. The van der Waals surface area contributed by atoms with Crippen molar-refractivity contribution in [3.05, 3.63) is 41.6 Å². The molecule has 0 spiro atoms. The number of hydrogen-bond acceptors (Lipinski definition) is 4. The molecule has 0 saturated carbocycles. The van der Waals surface area contributed by atoms with Crippen LogP contribution in [0.3, 0.4) is 0 Å². The van der Waals surface area contributed by atoms with Gasteiger partial charge in [0.25, 0.3) is 5.91 Å². The van der Waals surface area contributed by atoms with E-state index in [2.05, 4.69) is 10.5 Å². The van der Waals surface area contributed by atoms with E-state index in [1.807, 2.05) is 31.2 Å². The molecule has 100 valence electrons. The Balaban J connectivity index is 2.21. The van der Waals surface area contributed by atoms with Crippen molar-refractivity contribution in [3.63, 3.8) is 0 Å². The fourth-order valence-electron chi connectivity index (χ4n) is 1.79. The lowest BCUT2D eigenvalue weighted by Gasteiger charge is -2.08. The molecule has 0 saturated heterocycles. The van der Waals surface area contributed by atoms with Crippen LogP contribution in [0.2, 0.25) is 0 Å². The minimum absolute atomic E-state index is 0.280. The van der Waals surface area contributed by atoms with Gasteiger partial charge in [-0.3, -0.25) is 14.6 Å². The monoisotopic (exact) mass is 260 g/mol. The Hall–Kier alpha value is -1.98. The molecular weight excluding hydrogens is 244 g/mol. The molecular formula is C14H16N2O3. The number of nitrogens with one attached hydrogen (secondary N) is 1. The number of carbonyl (C=O) groups excluding carboxylic acids is 1. The summed E-state index contributed by atoms with van der Waals surface area (Å²) >= 11 is 0. The second-order valence-electron chi connectivity index (χ2n) is 4.10. The minimum Gasteiger partial charge on any atom is -0.382 e. The normalized spacial score (nSPS) is 10.6. The van der Waals surface area contributed by atoms with E-state index >= 15 is 0 Å². The van der Waals surface area contributed by atoms with E-state index in [1.165, 1.54) is 0 Å². The van der Waals surface area contributed by atoms with E-state index in [-0.39, 0.29) is 5.91 Å². The summed E-state index contributed by atoms with van der Waals surface area (Å²) in [5.41, 5.74) is 4.55. The highest BCUT2D eigenvalue weighted by Gasteiger charge is 2.11. The van der Waals surface area contributed by atoms with Gasteiger partial charge < -0.3 is 4.74 Å². The number of benzene rings is 1. The van der Waals surface area contributed by atoms with Crippen molar-refractivity contribution < 1.29 is 14.4 Å². The highest BCUT2D eigenvalue weighted by molar-refractivity contribution is 6.05. The average molecular weight is 260 g/mol. The number of ether oxygens (including phenoxy) is 1. The molecule has 0 aliphatic rings. The molecule has 0 radical (unpaired) electrons. The zero-order valence-electron chi connectivity index (χ0n) is 11.0. The third-order valence-electron chi connectivity index (χ3n) is 2.64. The van der Waals surface area contributed by atoms with Crippen molar-refractivity contribution in [3.8, 4) is 0 Å². The van der Waals surface area contributed by atoms with Gasteiger partial charge in [-0.05, 0) is 19.1 Å². The van der Waals surface area contributed by atoms with Crippen LogP contribution in [0.5, 0.6) is 0 Å². The highest BCUT2D eigenvalue weighted by Crippen LogP contribution is 2.17. The van der Waals surface area contributed by atoms with Gasteiger partial charge in [-0.2, -0.15) is 0 Å². The number of aryl methyl sites for hydroxylation is 1. The SMILES string of the molecule is COCCONC(=O)c1cc(C)nc2ccccc12. The van der Waals surface area contributed by atoms with Gasteiger partial charge in [-0.15, -0.1) is 0 Å². The lowest BCUT2D eigenvalue weighted by atomic mass is 10.1. The molecule has 5 nitrogen and oxygen atoms in total. The maximum Gasteiger partial charge on any atom is 0.275 e. The molecule has 1 aromatic heterocycles. The molecule has 1 N–H and O–H groups in total. The standard InChI is InChI=1S/C14H16N2O3/c1-10-9-12(14(17)16-19-8-7-18-2)11-5-3-4-6-13(11)15-10/h3-6,9H,7-8H2,1-2H3,(H,16,17). The van der Waals surface area contributed by atoms with E-state index in [1.54, 1.807) is 13.2 Å². The second-order valence-corrected chi connectivity index (χ2v) is 4.10. The first-order chi connectivity index (χ1) is 9.22. The van der Waals surface area contributed by atoms with E-state index in [4.69, 9.17) is 9.57 Å². The molecule has 0 unspecified atom stereocenters. The van der Waals surface area contributed by atoms with E-state index in [9.17, 15) is 4.79 Å². The van der Waals surface area contributed by atoms with Crippen LogP contribution in [-0.4, -0.2) is 31.2 Å². The maximum absolute atomic E-state index is 12.1. The van der Waals surface area contributed by atoms with Gasteiger partial charge in [0.05, 0.1) is 24.3 Å². The third-order valence-corrected chi connectivity index (χ3v) is 2.64. The zero-order valence-corrected chi connectivity index (χ0v) is 11.0. The quantitative estimate of drug-likeness (QED) is 0.658. The molecule has 1 amide bonds. The molecule has 1 aromatic carbocycles. The van der Waals surface area contributed by atoms with Crippen LogP contribution >= 0.6 is 0 Å². The molecule has 0 aliphatic heterocycles.